The van der Waals surface area contributed by atoms with Gasteiger partial charge in [-0.3, -0.25) is 14.8 Å². The van der Waals surface area contributed by atoms with Gasteiger partial charge in [0, 0.05) is 18.9 Å². The number of carbonyl (C=O) groups excluding carboxylic acids is 2. The van der Waals surface area contributed by atoms with Crippen LogP contribution in [0.2, 0.25) is 0 Å². The number of ketones is 1. The van der Waals surface area contributed by atoms with Gasteiger partial charge in [0.15, 0.2) is 0 Å². The fourth-order valence-corrected chi connectivity index (χ4v) is 2.45. The summed E-state index contributed by atoms with van der Waals surface area (Å²) in [5.74, 6) is 0.315. The van der Waals surface area contributed by atoms with Gasteiger partial charge in [-0.1, -0.05) is 36.4 Å². The summed E-state index contributed by atoms with van der Waals surface area (Å²) in [4.78, 5) is 23.2. The van der Waals surface area contributed by atoms with Crippen molar-refractivity contribution in [1.29, 1.82) is 0 Å². The van der Waals surface area contributed by atoms with E-state index >= 15 is 0 Å². The van der Waals surface area contributed by atoms with Crippen LogP contribution in [0.25, 0.3) is 6.08 Å². The number of hydrogen-bond donors (Lipinski definition) is 2. The van der Waals surface area contributed by atoms with Crippen molar-refractivity contribution in [3.63, 3.8) is 0 Å². The van der Waals surface area contributed by atoms with Crippen molar-refractivity contribution in [2.24, 2.45) is 0 Å². The molecule has 0 radical (unpaired) electrons. The molecule has 0 bridgehead atoms. The zero-order valence-corrected chi connectivity index (χ0v) is 14.3. The Kier molecular flexibility index (Phi) is 6.48. The molecule has 0 aliphatic carbocycles. The van der Waals surface area contributed by atoms with Crippen molar-refractivity contribution in [3.8, 4) is 5.75 Å². The Labute approximate surface area is 146 Å². The summed E-state index contributed by atoms with van der Waals surface area (Å²) in [7, 11) is 1.62. The number of Topliss-reactive ketones (excluding diaryl/α,β-unsaturated/α-hetero) is 1. The second kappa shape index (κ2) is 8.80. The van der Waals surface area contributed by atoms with E-state index < -0.39 is 5.91 Å². The van der Waals surface area contributed by atoms with Crippen molar-refractivity contribution in [1.82, 2.24) is 5.48 Å². The topological polar surface area (TPSA) is 75.6 Å². The molecule has 0 aromatic heterocycles. The van der Waals surface area contributed by atoms with Crippen LogP contribution in [-0.4, -0.2) is 24.0 Å². The minimum Gasteiger partial charge on any atom is -0.496 e. The Bertz CT molecular complexity index is 779. The molecule has 0 saturated carbocycles. The standard InChI is InChI=1S/C20H21NO4/c1-14-3-4-17(13-19(14)25-2)12-18(22)11-16-7-5-15(6-8-16)9-10-20(23)21-24/h3-10,13,24H,11-12H2,1-2H3,(H,21,23)/b10-9+. The first-order chi connectivity index (χ1) is 12.0. The molecular weight excluding hydrogens is 318 g/mol. The largest absolute Gasteiger partial charge is 0.496 e. The number of carbonyl (C=O) groups is 2. The first-order valence-corrected chi connectivity index (χ1v) is 7.88. The Hall–Kier alpha value is -2.92. The molecule has 25 heavy (non-hydrogen) atoms. The highest BCUT2D eigenvalue weighted by atomic mass is 16.5. The third-order valence-electron chi connectivity index (χ3n) is 3.79. The van der Waals surface area contributed by atoms with Crippen LogP contribution in [0.4, 0.5) is 0 Å². The maximum atomic E-state index is 12.3. The fourth-order valence-electron chi connectivity index (χ4n) is 2.45. The number of nitrogens with one attached hydrogen (secondary N) is 1. The molecule has 5 nitrogen and oxygen atoms in total. The molecule has 0 fully saturated rings. The second-order valence-electron chi connectivity index (χ2n) is 5.75. The van der Waals surface area contributed by atoms with Crippen LogP contribution in [0.5, 0.6) is 5.75 Å². The maximum Gasteiger partial charge on any atom is 0.267 e. The summed E-state index contributed by atoms with van der Waals surface area (Å²) in [6, 6.07) is 13.1. The predicted octanol–water partition coefficient (Wildman–Crippen LogP) is 2.88. The molecule has 0 unspecified atom stereocenters. The van der Waals surface area contributed by atoms with Gasteiger partial charge in [-0.15, -0.1) is 0 Å². The molecule has 0 saturated heterocycles. The highest BCUT2D eigenvalue weighted by Gasteiger charge is 2.07. The lowest BCUT2D eigenvalue weighted by Crippen LogP contribution is -2.14. The summed E-state index contributed by atoms with van der Waals surface area (Å²) < 4.78 is 5.28. The lowest BCUT2D eigenvalue weighted by atomic mass is 10.0. The van der Waals surface area contributed by atoms with Gasteiger partial charge < -0.3 is 4.74 Å². The summed E-state index contributed by atoms with van der Waals surface area (Å²) in [5.41, 5.74) is 5.22. The van der Waals surface area contributed by atoms with Crippen LogP contribution >= 0.6 is 0 Å². The molecule has 0 atom stereocenters. The highest BCUT2D eigenvalue weighted by Crippen LogP contribution is 2.19. The van der Waals surface area contributed by atoms with Crippen LogP contribution in [0.3, 0.4) is 0 Å². The molecule has 130 valence electrons. The van der Waals surface area contributed by atoms with E-state index in [1.54, 1.807) is 13.2 Å². The smallest absolute Gasteiger partial charge is 0.267 e. The number of methoxy groups -OCH3 is 1. The second-order valence-corrected chi connectivity index (χ2v) is 5.75. The maximum absolute atomic E-state index is 12.3. The SMILES string of the molecule is COc1cc(CC(=O)Cc2ccc(/C=C/C(=O)NO)cc2)ccc1C. The Morgan fingerprint density at radius 3 is 2.36 bits per heavy atom. The Morgan fingerprint density at radius 2 is 1.72 bits per heavy atom. The van der Waals surface area contributed by atoms with Crippen molar-refractivity contribution in [2.45, 2.75) is 19.8 Å². The predicted molar refractivity (Wildman–Crippen MR) is 95.6 cm³/mol. The Balaban J connectivity index is 1.96. The van der Waals surface area contributed by atoms with E-state index in [1.807, 2.05) is 49.4 Å². The molecular formula is C20H21NO4. The third kappa shape index (κ3) is 5.58. The normalized spacial score (nSPS) is 10.7. The molecule has 2 N–H and O–H groups in total. The molecule has 5 heteroatoms. The summed E-state index contributed by atoms with van der Waals surface area (Å²) in [5, 5.41) is 8.43. The number of hydrogen-bond acceptors (Lipinski definition) is 4. The first-order valence-electron chi connectivity index (χ1n) is 7.88. The van der Waals surface area contributed by atoms with Gasteiger partial charge in [-0.25, -0.2) is 5.48 Å². The van der Waals surface area contributed by atoms with Gasteiger partial charge in [0.25, 0.3) is 5.91 Å². The molecule has 0 aliphatic heterocycles. The van der Waals surface area contributed by atoms with Crippen molar-refractivity contribution >= 4 is 17.8 Å². The number of benzene rings is 2. The summed E-state index contributed by atoms with van der Waals surface area (Å²) in [6.07, 6.45) is 3.51. The molecule has 2 rings (SSSR count). The number of rotatable bonds is 7. The first kappa shape index (κ1) is 18.4. The van der Waals surface area contributed by atoms with Gasteiger partial charge in [0.05, 0.1) is 7.11 Å². The van der Waals surface area contributed by atoms with E-state index in [-0.39, 0.29) is 5.78 Å². The minimum absolute atomic E-state index is 0.119. The average molecular weight is 339 g/mol. The molecule has 1 amide bonds. The van der Waals surface area contributed by atoms with E-state index in [4.69, 9.17) is 9.94 Å². The highest BCUT2D eigenvalue weighted by molar-refractivity contribution is 5.90. The zero-order valence-electron chi connectivity index (χ0n) is 14.3. The fraction of sp³-hybridized carbons (Fsp3) is 0.200. The molecule has 2 aromatic carbocycles. The summed E-state index contributed by atoms with van der Waals surface area (Å²) >= 11 is 0. The monoisotopic (exact) mass is 339 g/mol. The lowest BCUT2D eigenvalue weighted by Gasteiger charge is -2.07. The third-order valence-corrected chi connectivity index (χ3v) is 3.79. The van der Waals surface area contributed by atoms with Crippen molar-refractivity contribution in [3.05, 3.63) is 70.8 Å². The van der Waals surface area contributed by atoms with Crippen molar-refractivity contribution in [2.75, 3.05) is 7.11 Å². The van der Waals surface area contributed by atoms with E-state index in [9.17, 15) is 9.59 Å². The number of aryl methyl sites for hydroxylation is 1. The van der Waals surface area contributed by atoms with Crippen LogP contribution in [0.1, 0.15) is 22.3 Å². The van der Waals surface area contributed by atoms with E-state index in [1.165, 1.54) is 11.6 Å². The van der Waals surface area contributed by atoms with Crippen LogP contribution in [0.15, 0.2) is 48.5 Å². The zero-order chi connectivity index (χ0) is 18.2. The van der Waals surface area contributed by atoms with E-state index in [2.05, 4.69) is 0 Å². The van der Waals surface area contributed by atoms with Gasteiger partial charge in [0.1, 0.15) is 11.5 Å². The van der Waals surface area contributed by atoms with Gasteiger partial charge in [-0.05, 0) is 41.3 Å². The van der Waals surface area contributed by atoms with Gasteiger partial charge in [0.2, 0.25) is 0 Å². The lowest BCUT2D eigenvalue weighted by molar-refractivity contribution is -0.124. The quantitative estimate of drug-likeness (QED) is 0.462. The number of amides is 1. The molecule has 0 aliphatic rings. The van der Waals surface area contributed by atoms with Crippen molar-refractivity contribution < 1.29 is 19.5 Å². The van der Waals surface area contributed by atoms with Crippen LogP contribution in [0, 0.1) is 6.92 Å². The van der Waals surface area contributed by atoms with E-state index in [0.717, 1.165) is 28.0 Å². The number of hydroxylamine groups is 1. The average Bonchev–Trinajstić information content (AvgIpc) is 2.62. The molecule has 0 heterocycles. The minimum atomic E-state index is -0.590. The van der Waals surface area contributed by atoms with Gasteiger partial charge in [-0.2, -0.15) is 0 Å². The Morgan fingerprint density at radius 1 is 1.08 bits per heavy atom. The molecule has 0 spiro atoms. The number of ether oxygens (including phenoxy) is 1. The van der Waals surface area contributed by atoms with Crippen LogP contribution in [-0.2, 0) is 22.4 Å². The molecule has 2 aromatic rings. The van der Waals surface area contributed by atoms with Gasteiger partial charge >= 0.3 is 0 Å². The summed E-state index contributed by atoms with van der Waals surface area (Å²) in [6.45, 7) is 1.96. The van der Waals surface area contributed by atoms with E-state index in [0.29, 0.717) is 12.8 Å². The van der Waals surface area contributed by atoms with Crippen LogP contribution < -0.4 is 10.2 Å².